The lowest BCUT2D eigenvalue weighted by atomic mass is 10.3. The number of hydrogen-bond acceptors (Lipinski definition) is 2. The van der Waals surface area contributed by atoms with E-state index in [0.29, 0.717) is 23.1 Å². The molecule has 1 aromatic carbocycles. The number of anilines is 1. The van der Waals surface area contributed by atoms with E-state index >= 15 is 0 Å². The summed E-state index contributed by atoms with van der Waals surface area (Å²) < 4.78 is 0. The summed E-state index contributed by atoms with van der Waals surface area (Å²) in [5, 5.41) is 12.8. The molecule has 0 aromatic heterocycles. The predicted molar refractivity (Wildman–Crippen MR) is 70.5 cm³/mol. The number of rotatable bonds is 3. The van der Waals surface area contributed by atoms with Crippen molar-refractivity contribution in [2.45, 2.75) is 6.42 Å². The Balaban J connectivity index is 2.51. The molecule has 0 radical (unpaired) electrons. The molecular formula is C11H12ClN3S. The zero-order valence-electron chi connectivity index (χ0n) is 8.90. The van der Waals surface area contributed by atoms with Crippen molar-refractivity contribution in [3.05, 3.63) is 29.3 Å². The highest BCUT2D eigenvalue weighted by Crippen LogP contribution is 2.13. The molecule has 0 fully saturated rings. The van der Waals surface area contributed by atoms with Crippen LogP contribution in [0.3, 0.4) is 0 Å². The lowest BCUT2D eigenvalue weighted by Crippen LogP contribution is -2.31. The molecule has 0 bridgehead atoms. The van der Waals surface area contributed by atoms with Crippen molar-refractivity contribution < 1.29 is 0 Å². The molecule has 0 atom stereocenters. The van der Waals surface area contributed by atoms with E-state index in [2.05, 4.69) is 11.4 Å². The maximum Gasteiger partial charge on any atom is 0.173 e. The molecule has 5 heteroatoms. The zero-order valence-corrected chi connectivity index (χ0v) is 10.5. The first-order chi connectivity index (χ1) is 7.63. The number of benzene rings is 1. The number of thiocarbonyl (C=S) groups is 1. The van der Waals surface area contributed by atoms with Crippen molar-refractivity contribution in [3.63, 3.8) is 0 Å². The number of hydrogen-bond donors (Lipinski definition) is 1. The van der Waals surface area contributed by atoms with Crippen LogP contribution in [0.4, 0.5) is 5.69 Å². The van der Waals surface area contributed by atoms with Crippen LogP contribution in [0.1, 0.15) is 6.42 Å². The third-order valence-corrected chi connectivity index (χ3v) is 2.67. The van der Waals surface area contributed by atoms with Crippen LogP contribution in [0.2, 0.25) is 5.02 Å². The number of nitriles is 1. The van der Waals surface area contributed by atoms with E-state index < -0.39 is 0 Å². The number of nitrogens with one attached hydrogen (secondary N) is 1. The maximum absolute atomic E-state index is 8.46. The highest BCUT2D eigenvalue weighted by molar-refractivity contribution is 7.80. The number of nitrogens with zero attached hydrogens (tertiary/aromatic N) is 2. The number of halogens is 1. The van der Waals surface area contributed by atoms with Gasteiger partial charge in [0.1, 0.15) is 0 Å². The van der Waals surface area contributed by atoms with E-state index in [4.69, 9.17) is 29.1 Å². The van der Waals surface area contributed by atoms with Crippen molar-refractivity contribution in [1.29, 1.82) is 5.26 Å². The average Bonchev–Trinajstić information content (AvgIpc) is 2.29. The van der Waals surface area contributed by atoms with E-state index in [1.165, 1.54) is 0 Å². The van der Waals surface area contributed by atoms with E-state index in [0.717, 1.165) is 5.69 Å². The Morgan fingerprint density at radius 1 is 1.50 bits per heavy atom. The van der Waals surface area contributed by atoms with Gasteiger partial charge in [0.2, 0.25) is 0 Å². The monoisotopic (exact) mass is 253 g/mol. The van der Waals surface area contributed by atoms with Crippen LogP contribution in [0.15, 0.2) is 24.3 Å². The molecule has 84 valence electrons. The SMILES string of the molecule is CN(CCC#N)C(=S)Nc1ccc(Cl)cc1. The maximum atomic E-state index is 8.46. The fraction of sp³-hybridized carbons (Fsp3) is 0.273. The van der Waals surface area contributed by atoms with Gasteiger partial charge in [0.05, 0.1) is 12.5 Å². The van der Waals surface area contributed by atoms with Crippen LogP contribution in [0.25, 0.3) is 0 Å². The molecule has 0 aliphatic carbocycles. The predicted octanol–water partition coefficient (Wildman–Crippen LogP) is 2.88. The van der Waals surface area contributed by atoms with Gasteiger partial charge >= 0.3 is 0 Å². The van der Waals surface area contributed by atoms with E-state index in [1.54, 1.807) is 12.1 Å². The lowest BCUT2D eigenvalue weighted by Gasteiger charge is -2.19. The molecule has 0 heterocycles. The molecule has 1 aromatic rings. The first kappa shape index (κ1) is 12.8. The molecule has 0 saturated carbocycles. The van der Waals surface area contributed by atoms with Crippen molar-refractivity contribution in [2.75, 3.05) is 18.9 Å². The van der Waals surface area contributed by atoms with Gasteiger partial charge in [0, 0.05) is 24.3 Å². The minimum absolute atomic E-state index is 0.457. The molecular weight excluding hydrogens is 242 g/mol. The van der Waals surface area contributed by atoms with E-state index in [-0.39, 0.29) is 0 Å². The van der Waals surface area contributed by atoms with Crippen LogP contribution < -0.4 is 5.32 Å². The molecule has 1 N–H and O–H groups in total. The summed E-state index contributed by atoms with van der Waals surface area (Å²) in [6.45, 7) is 0.621. The molecule has 0 aliphatic heterocycles. The molecule has 0 aliphatic rings. The second kappa shape index (κ2) is 6.31. The zero-order chi connectivity index (χ0) is 12.0. The fourth-order valence-corrected chi connectivity index (χ4v) is 1.41. The quantitative estimate of drug-likeness (QED) is 0.841. The first-order valence-electron chi connectivity index (χ1n) is 4.78. The summed E-state index contributed by atoms with van der Waals surface area (Å²) in [7, 11) is 1.85. The standard InChI is InChI=1S/C11H12ClN3S/c1-15(8-2-7-13)11(16)14-10-5-3-9(12)4-6-10/h3-6H,2,8H2,1H3,(H,14,16). The van der Waals surface area contributed by atoms with Gasteiger partial charge in [-0.2, -0.15) is 5.26 Å². The molecule has 3 nitrogen and oxygen atoms in total. The van der Waals surface area contributed by atoms with Crippen molar-refractivity contribution in [2.24, 2.45) is 0 Å². The van der Waals surface area contributed by atoms with E-state index in [9.17, 15) is 0 Å². The Morgan fingerprint density at radius 2 is 2.12 bits per heavy atom. The summed E-state index contributed by atoms with van der Waals surface area (Å²) in [5.74, 6) is 0. The Labute approximate surface area is 106 Å². The second-order valence-electron chi connectivity index (χ2n) is 3.27. The lowest BCUT2D eigenvalue weighted by molar-refractivity contribution is 0.523. The van der Waals surface area contributed by atoms with Crippen LogP contribution in [-0.2, 0) is 0 Å². The average molecular weight is 254 g/mol. The molecule has 0 unspecified atom stereocenters. The van der Waals surface area contributed by atoms with Gasteiger partial charge in [-0.15, -0.1) is 0 Å². The third kappa shape index (κ3) is 4.05. The van der Waals surface area contributed by atoms with E-state index in [1.807, 2.05) is 24.1 Å². The summed E-state index contributed by atoms with van der Waals surface area (Å²) in [6, 6.07) is 9.37. The Hall–Kier alpha value is -1.31. The minimum atomic E-state index is 0.457. The summed E-state index contributed by atoms with van der Waals surface area (Å²) in [4.78, 5) is 1.83. The largest absolute Gasteiger partial charge is 0.351 e. The van der Waals surface area contributed by atoms with Gasteiger partial charge in [-0.1, -0.05) is 11.6 Å². The summed E-state index contributed by atoms with van der Waals surface area (Å²) in [5.41, 5.74) is 0.887. The Kier molecular flexibility index (Phi) is 5.03. The second-order valence-corrected chi connectivity index (χ2v) is 4.09. The van der Waals surface area contributed by atoms with Crippen LogP contribution in [-0.4, -0.2) is 23.6 Å². The molecule has 0 saturated heterocycles. The minimum Gasteiger partial charge on any atom is -0.351 e. The fourth-order valence-electron chi connectivity index (χ4n) is 1.07. The Morgan fingerprint density at radius 3 is 2.69 bits per heavy atom. The van der Waals surface area contributed by atoms with Gasteiger partial charge in [-0.05, 0) is 36.5 Å². The van der Waals surface area contributed by atoms with Crippen LogP contribution in [0, 0.1) is 11.3 Å². The van der Waals surface area contributed by atoms with Crippen LogP contribution in [0.5, 0.6) is 0 Å². The van der Waals surface area contributed by atoms with Gasteiger partial charge < -0.3 is 10.2 Å². The van der Waals surface area contributed by atoms with Crippen LogP contribution >= 0.6 is 23.8 Å². The van der Waals surface area contributed by atoms with Gasteiger partial charge in [0.15, 0.2) is 5.11 Å². The van der Waals surface area contributed by atoms with Crippen molar-refractivity contribution >= 4 is 34.6 Å². The molecule has 1 rings (SSSR count). The molecule has 16 heavy (non-hydrogen) atoms. The third-order valence-electron chi connectivity index (χ3n) is 2.00. The van der Waals surface area contributed by atoms with Crippen molar-refractivity contribution in [3.8, 4) is 6.07 Å². The smallest absolute Gasteiger partial charge is 0.173 e. The van der Waals surface area contributed by atoms with Gasteiger partial charge in [-0.3, -0.25) is 0 Å². The topological polar surface area (TPSA) is 39.1 Å². The first-order valence-corrected chi connectivity index (χ1v) is 5.56. The normalized spacial score (nSPS) is 9.31. The summed E-state index contributed by atoms with van der Waals surface area (Å²) >= 11 is 10.9. The highest BCUT2D eigenvalue weighted by Gasteiger charge is 2.03. The van der Waals surface area contributed by atoms with Crippen molar-refractivity contribution in [1.82, 2.24) is 4.90 Å². The summed E-state index contributed by atoms with van der Waals surface area (Å²) in [6.07, 6.45) is 0.457. The molecule has 0 amide bonds. The highest BCUT2D eigenvalue weighted by atomic mass is 35.5. The van der Waals surface area contributed by atoms with Gasteiger partial charge in [-0.25, -0.2) is 0 Å². The van der Waals surface area contributed by atoms with Gasteiger partial charge in [0.25, 0.3) is 0 Å². The Bertz CT molecular complexity index is 397. The molecule has 0 spiro atoms.